The van der Waals surface area contributed by atoms with Crippen LogP contribution in [0.5, 0.6) is 0 Å². The van der Waals surface area contributed by atoms with Crippen LogP contribution in [0.1, 0.15) is 25.6 Å². The van der Waals surface area contributed by atoms with Gasteiger partial charge in [0.05, 0.1) is 5.54 Å². The summed E-state index contributed by atoms with van der Waals surface area (Å²) in [6, 6.07) is 0. The molecule has 1 aliphatic carbocycles. The topological polar surface area (TPSA) is 75.4 Å². The smallest absolute Gasteiger partial charge is 0.242 e. The molecule has 6 nitrogen and oxygen atoms in total. The van der Waals surface area contributed by atoms with E-state index in [1.54, 1.807) is 0 Å². The second kappa shape index (κ2) is 4.72. The number of piperazine rings is 1. The maximum absolute atomic E-state index is 12.1. The van der Waals surface area contributed by atoms with Gasteiger partial charge in [-0.05, 0) is 12.8 Å². The van der Waals surface area contributed by atoms with Crippen molar-refractivity contribution >= 4 is 22.6 Å². The number of nitrogens with zero attached hydrogens (tertiary/aromatic N) is 4. The van der Waals surface area contributed by atoms with Gasteiger partial charge in [-0.25, -0.2) is 4.98 Å². The second-order valence-electron chi connectivity index (χ2n) is 5.28. The summed E-state index contributed by atoms with van der Waals surface area (Å²) in [6.45, 7) is 5.16. The number of nitrogens with two attached hydrogens (primary N) is 1. The molecule has 1 saturated heterocycles. The molecule has 1 saturated carbocycles. The molecule has 1 amide bonds. The van der Waals surface area contributed by atoms with Gasteiger partial charge in [0, 0.05) is 44.1 Å². The molecule has 2 heterocycles. The highest BCUT2D eigenvalue weighted by Gasteiger charge is 2.48. The van der Waals surface area contributed by atoms with Crippen molar-refractivity contribution in [2.45, 2.75) is 31.7 Å². The van der Waals surface area contributed by atoms with Crippen molar-refractivity contribution < 1.29 is 4.79 Å². The van der Waals surface area contributed by atoms with E-state index in [-0.39, 0.29) is 5.91 Å². The Morgan fingerprint density at radius 1 is 1.37 bits per heavy atom. The van der Waals surface area contributed by atoms with E-state index in [9.17, 15) is 4.79 Å². The van der Waals surface area contributed by atoms with Crippen molar-refractivity contribution in [3.8, 4) is 0 Å². The fraction of sp³-hybridized carbons (Fsp3) is 0.750. The summed E-state index contributed by atoms with van der Waals surface area (Å²) in [7, 11) is 0. The number of anilines is 1. The molecule has 1 aromatic rings. The van der Waals surface area contributed by atoms with Gasteiger partial charge in [-0.15, -0.1) is 0 Å². The van der Waals surface area contributed by atoms with E-state index in [0.717, 1.165) is 56.4 Å². The van der Waals surface area contributed by atoms with E-state index in [1.807, 2.05) is 4.90 Å². The Balaban J connectivity index is 1.58. The Hall–Kier alpha value is -1.21. The molecule has 2 N–H and O–H groups in total. The van der Waals surface area contributed by atoms with Crippen LogP contribution in [-0.2, 0) is 11.2 Å². The minimum Gasteiger partial charge on any atom is -0.343 e. The van der Waals surface area contributed by atoms with Crippen molar-refractivity contribution in [1.29, 1.82) is 0 Å². The average molecular weight is 281 g/mol. The van der Waals surface area contributed by atoms with Crippen molar-refractivity contribution in [2.75, 3.05) is 31.1 Å². The van der Waals surface area contributed by atoms with Crippen LogP contribution in [0.25, 0.3) is 0 Å². The summed E-state index contributed by atoms with van der Waals surface area (Å²) >= 11 is 1.44. The van der Waals surface area contributed by atoms with Crippen molar-refractivity contribution in [1.82, 2.24) is 14.3 Å². The van der Waals surface area contributed by atoms with E-state index in [2.05, 4.69) is 21.2 Å². The number of hydrogen-bond acceptors (Lipinski definition) is 6. The molecular formula is C12H19N5OS. The number of rotatable bonds is 3. The number of aryl methyl sites for hydroxylation is 1. The van der Waals surface area contributed by atoms with Gasteiger partial charge in [0.1, 0.15) is 5.82 Å². The molecule has 2 aliphatic rings. The van der Waals surface area contributed by atoms with Gasteiger partial charge < -0.3 is 15.5 Å². The van der Waals surface area contributed by atoms with Gasteiger partial charge in [-0.1, -0.05) is 6.92 Å². The zero-order valence-corrected chi connectivity index (χ0v) is 11.9. The molecule has 0 aromatic carbocycles. The van der Waals surface area contributed by atoms with Crippen molar-refractivity contribution in [3.05, 3.63) is 5.82 Å². The van der Waals surface area contributed by atoms with Gasteiger partial charge in [0.15, 0.2) is 0 Å². The van der Waals surface area contributed by atoms with E-state index >= 15 is 0 Å². The maximum Gasteiger partial charge on any atom is 0.242 e. The SMILES string of the molecule is CCc1nsc(N2CCN(C(=O)C3(N)CC3)CC2)n1. The van der Waals surface area contributed by atoms with Gasteiger partial charge in [-0.2, -0.15) is 4.37 Å². The van der Waals surface area contributed by atoms with E-state index in [4.69, 9.17) is 5.73 Å². The van der Waals surface area contributed by atoms with Crippen LogP contribution in [0.15, 0.2) is 0 Å². The first-order chi connectivity index (χ1) is 9.12. The molecule has 1 aromatic heterocycles. The van der Waals surface area contributed by atoms with Gasteiger partial charge in [0.2, 0.25) is 11.0 Å². The van der Waals surface area contributed by atoms with E-state index in [0.29, 0.717) is 0 Å². The molecule has 7 heteroatoms. The third-order valence-corrected chi connectivity index (χ3v) is 4.64. The molecule has 3 rings (SSSR count). The van der Waals surface area contributed by atoms with Crippen molar-refractivity contribution in [3.63, 3.8) is 0 Å². The highest BCUT2D eigenvalue weighted by atomic mass is 32.1. The van der Waals surface area contributed by atoms with Crippen LogP contribution < -0.4 is 10.6 Å². The quantitative estimate of drug-likeness (QED) is 0.859. The highest BCUT2D eigenvalue weighted by Crippen LogP contribution is 2.34. The predicted octanol–water partition coefficient (Wildman–Crippen LogP) is 0.240. The molecule has 2 fully saturated rings. The Bertz CT molecular complexity index is 476. The normalized spacial score (nSPS) is 21.6. The number of carbonyl (C=O) groups excluding carboxylic acids is 1. The zero-order valence-electron chi connectivity index (χ0n) is 11.1. The first kappa shape index (κ1) is 12.8. The standard InChI is InChI=1S/C12H19N5OS/c1-2-9-14-11(19-15-9)17-7-5-16(6-8-17)10(18)12(13)3-4-12/h2-8,13H2,1H3. The maximum atomic E-state index is 12.1. The molecular weight excluding hydrogens is 262 g/mol. The molecule has 104 valence electrons. The van der Waals surface area contributed by atoms with E-state index < -0.39 is 5.54 Å². The molecule has 1 aliphatic heterocycles. The van der Waals surface area contributed by atoms with Crippen LogP contribution >= 0.6 is 11.5 Å². The summed E-state index contributed by atoms with van der Waals surface area (Å²) in [6.07, 6.45) is 2.54. The van der Waals surface area contributed by atoms with Crippen LogP contribution in [0.4, 0.5) is 5.13 Å². The largest absolute Gasteiger partial charge is 0.343 e. The van der Waals surface area contributed by atoms with Gasteiger partial charge >= 0.3 is 0 Å². The molecule has 19 heavy (non-hydrogen) atoms. The van der Waals surface area contributed by atoms with Crippen molar-refractivity contribution in [2.24, 2.45) is 5.73 Å². The Labute approximate surface area is 116 Å². The number of carbonyl (C=O) groups is 1. The van der Waals surface area contributed by atoms with E-state index in [1.165, 1.54) is 11.5 Å². The van der Waals surface area contributed by atoms with Gasteiger partial charge in [0.25, 0.3) is 0 Å². The monoisotopic (exact) mass is 281 g/mol. The van der Waals surface area contributed by atoms with Gasteiger partial charge in [-0.3, -0.25) is 4.79 Å². The minimum atomic E-state index is -0.541. The van der Waals surface area contributed by atoms with Crippen LogP contribution in [0.3, 0.4) is 0 Å². The lowest BCUT2D eigenvalue weighted by atomic mass is 10.2. The lowest BCUT2D eigenvalue weighted by Gasteiger charge is -2.35. The molecule has 0 bridgehead atoms. The number of hydrogen-bond donors (Lipinski definition) is 1. The van der Waals surface area contributed by atoms with Crippen LogP contribution in [-0.4, -0.2) is 51.9 Å². The average Bonchev–Trinajstić information content (AvgIpc) is 3.03. The lowest BCUT2D eigenvalue weighted by Crippen LogP contribution is -2.54. The fourth-order valence-corrected chi connectivity index (χ4v) is 3.08. The molecule has 0 atom stereocenters. The summed E-state index contributed by atoms with van der Waals surface area (Å²) in [5.74, 6) is 1.02. The van der Waals surface area contributed by atoms with Crippen LogP contribution in [0, 0.1) is 0 Å². The van der Waals surface area contributed by atoms with Crippen LogP contribution in [0.2, 0.25) is 0 Å². The second-order valence-corrected chi connectivity index (χ2v) is 6.01. The Morgan fingerprint density at radius 2 is 2.05 bits per heavy atom. The minimum absolute atomic E-state index is 0.124. The summed E-state index contributed by atoms with van der Waals surface area (Å²) < 4.78 is 4.30. The summed E-state index contributed by atoms with van der Waals surface area (Å²) in [4.78, 5) is 20.7. The molecule has 0 unspecified atom stereocenters. The predicted molar refractivity (Wildman–Crippen MR) is 74.2 cm³/mol. The number of amides is 1. The number of aromatic nitrogens is 2. The fourth-order valence-electron chi connectivity index (χ4n) is 2.28. The Kier molecular flexibility index (Phi) is 3.18. The molecule has 0 radical (unpaired) electrons. The first-order valence-corrected chi connectivity index (χ1v) is 7.55. The third-order valence-electron chi connectivity index (χ3n) is 3.83. The zero-order chi connectivity index (χ0) is 13.5. The third kappa shape index (κ3) is 2.44. The first-order valence-electron chi connectivity index (χ1n) is 6.78. The summed E-state index contributed by atoms with van der Waals surface area (Å²) in [5.41, 5.74) is 5.42. The lowest BCUT2D eigenvalue weighted by molar-refractivity contribution is -0.133. The Morgan fingerprint density at radius 3 is 2.58 bits per heavy atom. The highest BCUT2D eigenvalue weighted by molar-refractivity contribution is 7.09. The summed E-state index contributed by atoms with van der Waals surface area (Å²) in [5, 5.41) is 0.970. The molecule has 0 spiro atoms.